The topological polar surface area (TPSA) is 119 Å². The lowest BCUT2D eigenvalue weighted by molar-refractivity contribution is -0.176. The molecule has 9 nitrogen and oxygen atoms in total. The number of fused-ring (bicyclic) bond motifs is 1. The van der Waals surface area contributed by atoms with E-state index < -0.39 is 59.4 Å². The van der Waals surface area contributed by atoms with Gasteiger partial charge >= 0.3 is 12.1 Å². The van der Waals surface area contributed by atoms with Crippen molar-refractivity contribution in [2.75, 3.05) is 19.6 Å². The van der Waals surface area contributed by atoms with E-state index in [0.29, 0.717) is 19.5 Å². The molecule has 2 aliphatic carbocycles. The van der Waals surface area contributed by atoms with E-state index in [2.05, 4.69) is 5.32 Å². The van der Waals surface area contributed by atoms with Crippen molar-refractivity contribution in [2.45, 2.75) is 90.7 Å². The molecule has 2 aliphatic heterocycles. The molecule has 0 spiro atoms. The van der Waals surface area contributed by atoms with Gasteiger partial charge in [0.1, 0.15) is 12.1 Å². The summed E-state index contributed by atoms with van der Waals surface area (Å²) in [5, 5.41) is 15.5. The summed E-state index contributed by atoms with van der Waals surface area (Å²) in [6, 6.07) is -3.32. The van der Waals surface area contributed by atoms with Crippen molar-refractivity contribution >= 4 is 23.6 Å². The van der Waals surface area contributed by atoms with Crippen molar-refractivity contribution in [3.63, 3.8) is 0 Å². The Hall–Kier alpha value is -2.37. The Balaban J connectivity index is 1.55. The molecule has 3 unspecified atom stereocenters. The predicted octanol–water partition coefficient (Wildman–Crippen LogP) is 1.44. The monoisotopic (exact) mass is 544 g/mol. The molecule has 0 radical (unpaired) electrons. The maximum Gasteiger partial charge on any atom is 0.471 e. The van der Waals surface area contributed by atoms with E-state index in [0.717, 1.165) is 19.3 Å². The van der Waals surface area contributed by atoms with E-state index in [4.69, 9.17) is 0 Å². The zero-order chi connectivity index (χ0) is 28.4. The number of nitrogens with zero attached hydrogens (tertiary/aromatic N) is 2. The Morgan fingerprint density at radius 2 is 1.63 bits per heavy atom. The smallest absolute Gasteiger partial charge is 0.381 e. The second-order valence-corrected chi connectivity index (χ2v) is 13.1. The van der Waals surface area contributed by atoms with Crippen LogP contribution in [0, 0.1) is 28.6 Å². The number of aliphatic hydroxyl groups is 1. The van der Waals surface area contributed by atoms with Gasteiger partial charge in [-0.25, -0.2) is 0 Å². The molecule has 2 heterocycles. The second-order valence-electron chi connectivity index (χ2n) is 13.1. The van der Waals surface area contributed by atoms with E-state index in [-0.39, 0.29) is 29.7 Å². The molecule has 6 atom stereocenters. The van der Waals surface area contributed by atoms with Crippen LogP contribution in [0.1, 0.15) is 60.3 Å². The molecule has 2 saturated carbocycles. The van der Waals surface area contributed by atoms with E-state index in [9.17, 15) is 37.5 Å². The molecule has 12 heteroatoms. The normalized spacial score (nSPS) is 28.5. The van der Waals surface area contributed by atoms with Crippen LogP contribution in [-0.2, 0) is 19.2 Å². The molecule has 0 bridgehead atoms. The molecule has 0 aromatic carbocycles. The minimum absolute atomic E-state index is 0.0318. The SMILES string of the molecule is CC(C)(C)C(NC(=O)C(F)(F)F)C(=O)N1C[C@H]2[C@@H]([C@H]1C(=O)NC(CC1CC1)C(O)C(=O)N1CCC1)C2(C)C. The molecular weight excluding hydrogens is 505 g/mol. The largest absolute Gasteiger partial charge is 0.471 e. The molecule has 4 rings (SSSR count). The number of carbonyl (C=O) groups excluding carboxylic acids is 4. The molecule has 0 aromatic rings. The number of alkyl halides is 3. The van der Waals surface area contributed by atoms with Crippen LogP contribution in [0.3, 0.4) is 0 Å². The van der Waals surface area contributed by atoms with Crippen molar-refractivity contribution < 1.29 is 37.5 Å². The molecule has 4 aliphatic rings. The van der Waals surface area contributed by atoms with Crippen molar-refractivity contribution in [1.29, 1.82) is 0 Å². The van der Waals surface area contributed by atoms with Gasteiger partial charge in [-0.15, -0.1) is 0 Å². The third kappa shape index (κ3) is 5.51. The van der Waals surface area contributed by atoms with E-state index in [1.807, 2.05) is 19.2 Å². The third-order valence-electron chi connectivity index (χ3n) is 8.82. The first-order valence-electron chi connectivity index (χ1n) is 13.4. The van der Waals surface area contributed by atoms with Crippen LogP contribution < -0.4 is 10.6 Å². The van der Waals surface area contributed by atoms with Gasteiger partial charge in [0.05, 0.1) is 6.04 Å². The predicted molar refractivity (Wildman–Crippen MR) is 130 cm³/mol. The van der Waals surface area contributed by atoms with Crippen molar-refractivity contribution in [2.24, 2.45) is 28.6 Å². The maximum absolute atomic E-state index is 13.7. The summed E-state index contributed by atoms with van der Waals surface area (Å²) in [4.78, 5) is 54.7. The fourth-order valence-electron chi connectivity index (χ4n) is 5.98. The summed E-state index contributed by atoms with van der Waals surface area (Å²) >= 11 is 0. The maximum atomic E-state index is 13.7. The van der Waals surface area contributed by atoms with E-state index >= 15 is 0 Å². The number of halogens is 3. The van der Waals surface area contributed by atoms with Crippen LogP contribution in [0.25, 0.3) is 0 Å². The molecule has 38 heavy (non-hydrogen) atoms. The zero-order valence-corrected chi connectivity index (χ0v) is 22.6. The molecule has 3 N–H and O–H groups in total. The molecule has 4 amide bonds. The van der Waals surface area contributed by atoms with Gasteiger partial charge in [0, 0.05) is 19.6 Å². The molecular formula is C26H39F3N4O5. The van der Waals surface area contributed by atoms with Crippen molar-refractivity contribution in [3.8, 4) is 0 Å². The van der Waals surface area contributed by atoms with Crippen LogP contribution in [0.2, 0.25) is 0 Å². The summed E-state index contributed by atoms with van der Waals surface area (Å²) < 4.78 is 39.1. The number of hydrogen-bond acceptors (Lipinski definition) is 5. The van der Waals surface area contributed by atoms with Gasteiger partial charge in [0.2, 0.25) is 11.8 Å². The number of amides is 4. The van der Waals surface area contributed by atoms with Crippen LogP contribution in [0.5, 0.6) is 0 Å². The number of hydrogen-bond donors (Lipinski definition) is 3. The zero-order valence-electron chi connectivity index (χ0n) is 22.6. The summed E-state index contributed by atoms with van der Waals surface area (Å²) in [5.41, 5.74) is -1.32. The van der Waals surface area contributed by atoms with Crippen molar-refractivity contribution in [3.05, 3.63) is 0 Å². The second kappa shape index (κ2) is 9.67. The highest BCUT2D eigenvalue weighted by molar-refractivity contribution is 5.95. The molecule has 2 saturated heterocycles. The average molecular weight is 545 g/mol. The Kier molecular flexibility index (Phi) is 7.29. The summed E-state index contributed by atoms with van der Waals surface area (Å²) in [6.45, 7) is 9.87. The number of aliphatic hydroxyl groups excluding tert-OH is 1. The molecule has 214 valence electrons. The lowest BCUT2D eigenvalue weighted by Crippen LogP contribution is -2.62. The van der Waals surface area contributed by atoms with E-state index in [1.165, 1.54) is 4.90 Å². The van der Waals surface area contributed by atoms with Crippen LogP contribution >= 0.6 is 0 Å². The van der Waals surface area contributed by atoms with Gasteiger partial charge in [0.25, 0.3) is 5.91 Å². The summed E-state index contributed by atoms with van der Waals surface area (Å²) in [6.07, 6.45) is -3.41. The number of nitrogens with one attached hydrogen (secondary N) is 2. The van der Waals surface area contributed by atoms with Gasteiger partial charge in [0.15, 0.2) is 6.10 Å². The summed E-state index contributed by atoms with van der Waals surface area (Å²) in [5.74, 6) is -3.91. The lowest BCUT2D eigenvalue weighted by Gasteiger charge is -2.38. The molecule has 4 fully saturated rings. The van der Waals surface area contributed by atoms with Gasteiger partial charge in [-0.1, -0.05) is 47.5 Å². The van der Waals surface area contributed by atoms with Crippen LogP contribution in [0.4, 0.5) is 13.2 Å². The number of rotatable bonds is 8. The fraction of sp³-hybridized carbons (Fsp3) is 0.846. The van der Waals surface area contributed by atoms with Crippen LogP contribution in [-0.4, -0.2) is 88.6 Å². The third-order valence-corrected chi connectivity index (χ3v) is 8.82. The summed E-state index contributed by atoms with van der Waals surface area (Å²) in [7, 11) is 0. The Morgan fingerprint density at radius 3 is 2.11 bits per heavy atom. The highest BCUT2D eigenvalue weighted by Gasteiger charge is 2.70. The highest BCUT2D eigenvalue weighted by Crippen LogP contribution is 2.65. The standard InChI is InChI=1S/C26H39F3N4O5/c1-24(2,3)19(31-23(38)26(27,28)29)22(37)33-12-14-16(25(14,4)5)17(33)20(35)30-15(11-13-7-8-13)18(34)21(36)32-9-6-10-32/h13-19,34H,6-12H2,1-5H3,(H,30,35)(H,31,38)/t14-,15?,16-,17-,18?,19?/m0/s1. The van der Waals surface area contributed by atoms with Gasteiger partial charge in [-0.2, -0.15) is 13.2 Å². The van der Waals surface area contributed by atoms with Gasteiger partial charge < -0.3 is 25.5 Å². The fourth-order valence-corrected chi connectivity index (χ4v) is 5.98. The highest BCUT2D eigenvalue weighted by atomic mass is 19.4. The quantitative estimate of drug-likeness (QED) is 0.427. The minimum atomic E-state index is -5.16. The number of carbonyl (C=O) groups is 4. The Bertz CT molecular complexity index is 986. The number of likely N-dealkylation sites (tertiary alicyclic amines) is 2. The lowest BCUT2D eigenvalue weighted by atomic mass is 9.85. The van der Waals surface area contributed by atoms with Gasteiger partial charge in [-0.3, -0.25) is 19.2 Å². The first-order valence-corrected chi connectivity index (χ1v) is 13.4. The van der Waals surface area contributed by atoms with Crippen LogP contribution in [0.15, 0.2) is 0 Å². The molecule has 0 aromatic heterocycles. The number of piperidine rings is 1. The van der Waals surface area contributed by atoms with E-state index in [1.54, 1.807) is 25.7 Å². The van der Waals surface area contributed by atoms with Crippen molar-refractivity contribution in [1.82, 2.24) is 20.4 Å². The first kappa shape index (κ1) is 28.6. The Labute approximate surface area is 220 Å². The Morgan fingerprint density at radius 1 is 1.03 bits per heavy atom. The minimum Gasteiger partial charge on any atom is -0.381 e. The first-order chi connectivity index (χ1) is 17.4. The average Bonchev–Trinajstić information content (AvgIpc) is 3.60. The van der Waals surface area contributed by atoms with Gasteiger partial charge in [-0.05, 0) is 41.4 Å².